The number of fused-ring (bicyclic) bond motifs is 1. The number of unbranched alkanes of at least 4 members (excludes halogenated alkanes) is 1. The molecule has 2 fully saturated rings. The first-order valence-electron chi connectivity index (χ1n) is 13.4. The van der Waals surface area contributed by atoms with Gasteiger partial charge in [-0.3, -0.25) is 9.59 Å². The van der Waals surface area contributed by atoms with Crippen LogP contribution in [0.5, 0.6) is 11.5 Å². The van der Waals surface area contributed by atoms with E-state index in [1.165, 1.54) is 0 Å². The Hall–Kier alpha value is -2.45. The quantitative estimate of drug-likeness (QED) is 0.241. The first-order chi connectivity index (χ1) is 18.4. The summed E-state index contributed by atoms with van der Waals surface area (Å²) in [5, 5.41) is 3.40. The van der Waals surface area contributed by atoms with E-state index in [-0.39, 0.29) is 30.4 Å². The van der Waals surface area contributed by atoms with Gasteiger partial charge in [0.1, 0.15) is 18.0 Å². The number of ether oxygens (including phenoxy) is 2. The molecule has 3 atom stereocenters. The summed E-state index contributed by atoms with van der Waals surface area (Å²) in [6.45, 7) is 4.87. The van der Waals surface area contributed by atoms with Crippen LogP contribution in [0.3, 0.4) is 0 Å². The van der Waals surface area contributed by atoms with Crippen molar-refractivity contribution in [1.29, 1.82) is 0 Å². The molecule has 204 valence electrons. The first kappa shape index (κ1) is 28.6. The molecule has 1 saturated heterocycles. The number of nitrogens with one attached hydrogen (secondary N) is 1. The summed E-state index contributed by atoms with van der Waals surface area (Å²) in [5.41, 5.74) is 1.92. The minimum Gasteiger partial charge on any atom is -0.496 e. The summed E-state index contributed by atoms with van der Waals surface area (Å²) in [5.74, 6) is 1.37. The molecule has 2 amide bonds. The van der Waals surface area contributed by atoms with Gasteiger partial charge in [-0.15, -0.1) is 11.8 Å². The Morgan fingerprint density at radius 2 is 1.97 bits per heavy atom. The van der Waals surface area contributed by atoms with Gasteiger partial charge < -0.3 is 19.7 Å². The molecule has 0 spiro atoms. The summed E-state index contributed by atoms with van der Waals surface area (Å²) in [6.07, 6.45) is 8.27. The van der Waals surface area contributed by atoms with Gasteiger partial charge in [-0.05, 0) is 83.6 Å². The second-order valence-corrected chi connectivity index (χ2v) is 12.0. The van der Waals surface area contributed by atoms with Gasteiger partial charge in [0.05, 0.1) is 29.1 Å². The number of hydrogen-bond donors (Lipinski definition) is 1. The van der Waals surface area contributed by atoms with Crippen molar-refractivity contribution in [3.63, 3.8) is 0 Å². The maximum absolute atomic E-state index is 13.6. The van der Waals surface area contributed by atoms with Crippen molar-refractivity contribution in [3.8, 4) is 11.5 Å². The fourth-order valence-electron chi connectivity index (χ4n) is 5.00. The average Bonchev–Trinajstić information content (AvgIpc) is 2.91. The highest BCUT2D eigenvalue weighted by atomic mass is 79.9. The van der Waals surface area contributed by atoms with E-state index >= 15 is 0 Å². The summed E-state index contributed by atoms with van der Waals surface area (Å²) < 4.78 is 11.9. The Morgan fingerprint density at radius 3 is 2.68 bits per heavy atom. The van der Waals surface area contributed by atoms with E-state index in [4.69, 9.17) is 9.47 Å². The van der Waals surface area contributed by atoms with Crippen molar-refractivity contribution in [2.75, 3.05) is 20.3 Å². The predicted molar refractivity (Wildman–Crippen MR) is 157 cm³/mol. The molecule has 4 rings (SSSR count). The Morgan fingerprint density at radius 1 is 1.21 bits per heavy atom. The van der Waals surface area contributed by atoms with Gasteiger partial charge in [0, 0.05) is 11.3 Å². The number of thioether (sulfide) groups is 1. The van der Waals surface area contributed by atoms with Crippen LogP contribution in [0.1, 0.15) is 69.5 Å². The summed E-state index contributed by atoms with van der Waals surface area (Å²) in [4.78, 5) is 29.3. The molecule has 38 heavy (non-hydrogen) atoms. The zero-order valence-corrected chi connectivity index (χ0v) is 24.8. The maximum atomic E-state index is 13.6. The standard InChI is InChI=1S/C30H37BrN2O4S/c1-4-5-16-37-23-13-11-22(12-14-23)20(2)32-29(34)19-33-25-8-6-7-9-27(25)38-28(30(33)35)18-21-10-15-26(36-3)24(31)17-21/h10-15,17-18,20,25,27H,4-9,16,19H2,1-3H3,(H,32,34)/b28-18-. The molecule has 1 heterocycles. The number of hydrogen-bond acceptors (Lipinski definition) is 5. The van der Waals surface area contributed by atoms with E-state index < -0.39 is 0 Å². The van der Waals surface area contributed by atoms with Crippen LogP contribution in [0.4, 0.5) is 0 Å². The van der Waals surface area contributed by atoms with Crippen LogP contribution in [0.25, 0.3) is 6.08 Å². The number of carbonyl (C=O) groups is 2. The second-order valence-electron chi connectivity index (χ2n) is 9.90. The summed E-state index contributed by atoms with van der Waals surface area (Å²) in [6, 6.07) is 13.5. The van der Waals surface area contributed by atoms with Crippen molar-refractivity contribution in [2.24, 2.45) is 0 Å². The molecule has 2 aliphatic rings. The lowest BCUT2D eigenvalue weighted by Crippen LogP contribution is -2.54. The number of rotatable bonds is 10. The monoisotopic (exact) mass is 600 g/mol. The molecular formula is C30H37BrN2O4S. The zero-order valence-electron chi connectivity index (χ0n) is 22.4. The topological polar surface area (TPSA) is 67.9 Å². The first-order valence-corrected chi connectivity index (χ1v) is 15.1. The van der Waals surface area contributed by atoms with Crippen LogP contribution in [0, 0.1) is 0 Å². The van der Waals surface area contributed by atoms with Crippen LogP contribution in [-0.4, -0.2) is 48.3 Å². The lowest BCUT2D eigenvalue weighted by molar-refractivity contribution is -0.135. The van der Waals surface area contributed by atoms with Gasteiger partial charge in [-0.1, -0.05) is 44.4 Å². The van der Waals surface area contributed by atoms with Crippen molar-refractivity contribution in [3.05, 3.63) is 63.0 Å². The average molecular weight is 602 g/mol. The van der Waals surface area contributed by atoms with Crippen LogP contribution >= 0.6 is 27.7 Å². The zero-order chi connectivity index (χ0) is 27.1. The molecule has 1 N–H and O–H groups in total. The number of methoxy groups -OCH3 is 1. The van der Waals surface area contributed by atoms with Crippen LogP contribution in [-0.2, 0) is 9.59 Å². The molecule has 3 unspecified atom stereocenters. The smallest absolute Gasteiger partial charge is 0.261 e. The number of benzene rings is 2. The number of amides is 2. The highest BCUT2D eigenvalue weighted by Crippen LogP contribution is 2.42. The Kier molecular flexibility index (Phi) is 10.2. The molecule has 6 nitrogen and oxygen atoms in total. The normalized spacial score (nSPS) is 21.1. The van der Waals surface area contributed by atoms with Gasteiger partial charge >= 0.3 is 0 Å². The molecule has 1 aliphatic carbocycles. The Labute approximate surface area is 238 Å². The van der Waals surface area contributed by atoms with Gasteiger partial charge in [-0.25, -0.2) is 0 Å². The van der Waals surface area contributed by atoms with E-state index in [9.17, 15) is 9.59 Å². The lowest BCUT2D eigenvalue weighted by Gasteiger charge is -2.44. The molecule has 0 bridgehead atoms. The second kappa shape index (κ2) is 13.6. The highest BCUT2D eigenvalue weighted by molar-refractivity contribution is 9.10. The minimum absolute atomic E-state index is 0.0623. The van der Waals surface area contributed by atoms with Crippen LogP contribution < -0.4 is 14.8 Å². The van der Waals surface area contributed by atoms with E-state index in [1.807, 2.05) is 55.5 Å². The molecular weight excluding hydrogens is 564 g/mol. The fourth-order valence-corrected chi connectivity index (χ4v) is 7.03. The molecule has 2 aromatic carbocycles. The molecule has 0 aromatic heterocycles. The van der Waals surface area contributed by atoms with Crippen molar-refractivity contribution in [2.45, 2.75) is 69.7 Å². The molecule has 8 heteroatoms. The largest absolute Gasteiger partial charge is 0.496 e. The molecule has 1 saturated carbocycles. The highest BCUT2D eigenvalue weighted by Gasteiger charge is 2.41. The number of carbonyl (C=O) groups excluding carboxylic acids is 2. The van der Waals surface area contributed by atoms with Crippen molar-refractivity contribution in [1.82, 2.24) is 10.2 Å². The Balaban J connectivity index is 1.44. The van der Waals surface area contributed by atoms with Gasteiger partial charge in [-0.2, -0.15) is 0 Å². The van der Waals surface area contributed by atoms with Gasteiger partial charge in [0.2, 0.25) is 5.91 Å². The van der Waals surface area contributed by atoms with E-state index in [2.05, 4.69) is 28.2 Å². The number of halogens is 1. The Bertz CT molecular complexity index is 1150. The molecule has 0 radical (unpaired) electrons. The van der Waals surface area contributed by atoms with Crippen LogP contribution in [0.15, 0.2) is 51.8 Å². The minimum atomic E-state index is -0.171. The molecule has 1 aliphatic heterocycles. The molecule has 2 aromatic rings. The third kappa shape index (κ3) is 7.14. The van der Waals surface area contributed by atoms with Crippen molar-refractivity contribution < 1.29 is 19.1 Å². The van der Waals surface area contributed by atoms with E-state index in [0.29, 0.717) is 16.8 Å². The third-order valence-corrected chi connectivity index (χ3v) is 9.15. The predicted octanol–water partition coefficient (Wildman–Crippen LogP) is 6.74. The third-order valence-electron chi connectivity index (χ3n) is 7.13. The summed E-state index contributed by atoms with van der Waals surface area (Å²) >= 11 is 5.19. The SMILES string of the molecule is CCCCOc1ccc(C(C)NC(=O)CN2C(=O)/C(=C/c3ccc(OC)c(Br)c3)SC3CCCCC32)cc1. The van der Waals surface area contributed by atoms with E-state index in [1.54, 1.807) is 23.8 Å². The van der Waals surface area contributed by atoms with Crippen molar-refractivity contribution >= 4 is 45.6 Å². The van der Waals surface area contributed by atoms with Gasteiger partial charge in [0.15, 0.2) is 0 Å². The fraction of sp³-hybridized carbons (Fsp3) is 0.467. The van der Waals surface area contributed by atoms with Gasteiger partial charge in [0.25, 0.3) is 5.91 Å². The van der Waals surface area contributed by atoms with E-state index in [0.717, 1.165) is 65.6 Å². The lowest BCUT2D eigenvalue weighted by atomic mass is 9.93. The maximum Gasteiger partial charge on any atom is 0.261 e. The number of nitrogens with zero attached hydrogens (tertiary/aromatic N) is 1. The van der Waals surface area contributed by atoms with Crippen LogP contribution in [0.2, 0.25) is 0 Å². The summed E-state index contributed by atoms with van der Waals surface area (Å²) in [7, 11) is 1.63.